The van der Waals surface area contributed by atoms with Gasteiger partial charge in [-0.1, -0.05) is 36.4 Å². The van der Waals surface area contributed by atoms with Gasteiger partial charge in [0.2, 0.25) is 0 Å². The molecule has 1 aromatic heterocycles. The first-order chi connectivity index (χ1) is 14.2. The highest BCUT2D eigenvalue weighted by molar-refractivity contribution is 5.77. The topological polar surface area (TPSA) is 30.3 Å². The average molecular weight is 383 g/mol. The summed E-state index contributed by atoms with van der Waals surface area (Å²) in [6.45, 7) is 4.19. The molecule has 0 saturated heterocycles. The van der Waals surface area contributed by atoms with E-state index < -0.39 is 0 Å². The molecule has 5 rings (SSSR count). The molecule has 1 aliphatic rings. The second kappa shape index (κ2) is 7.37. The predicted molar refractivity (Wildman–Crippen MR) is 116 cm³/mol. The van der Waals surface area contributed by atoms with E-state index in [4.69, 9.17) is 4.74 Å². The average Bonchev–Trinajstić information content (AvgIpc) is 3.18. The molecule has 0 aliphatic carbocycles. The van der Waals surface area contributed by atoms with Crippen LogP contribution in [0, 0.1) is 0 Å². The second-order valence-corrected chi connectivity index (χ2v) is 7.82. The Labute approximate surface area is 171 Å². The summed E-state index contributed by atoms with van der Waals surface area (Å²) in [6, 6.07) is 23.9. The third-order valence-corrected chi connectivity index (χ3v) is 6.00. The van der Waals surface area contributed by atoms with Gasteiger partial charge in [-0.2, -0.15) is 0 Å². The number of benzene rings is 3. The molecule has 3 aromatic carbocycles. The van der Waals surface area contributed by atoms with Crippen LogP contribution in [0.2, 0.25) is 0 Å². The monoisotopic (exact) mass is 383 g/mol. The molecule has 1 atom stereocenters. The zero-order valence-electron chi connectivity index (χ0n) is 16.9. The number of nitrogens with zero attached hydrogens (tertiary/aromatic N) is 3. The Balaban J connectivity index is 1.47. The second-order valence-electron chi connectivity index (χ2n) is 7.82. The van der Waals surface area contributed by atoms with Gasteiger partial charge < -0.3 is 4.74 Å². The lowest BCUT2D eigenvalue weighted by molar-refractivity contribution is 0.175. The maximum atomic E-state index is 5.41. The molecular formula is C25H25N3O. The van der Waals surface area contributed by atoms with Crippen molar-refractivity contribution in [2.24, 2.45) is 0 Å². The van der Waals surface area contributed by atoms with Crippen molar-refractivity contribution >= 4 is 11.0 Å². The number of fused-ring (bicyclic) bond motifs is 2. The van der Waals surface area contributed by atoms with Crippen LogP contribution in [0.4, 0.5) is 0 Å². The molecule has 0 saturated carbocycles. The van der Waals surface area contributed by atoms with Crippen LogP contribution in [-0.2, 0) is 19.5 Å². The molecule has 4 aromatic rings. The van der Waals surface area contributed by atoms with Crippen LogP contribution < -0.4 is 4.74 Å². The van der Waals surface area contributed by atoms with Gasteiger partial charge in [0.05, 0.1) is 23.8 Å². The van der Waals surface area contributed by atoms with E-state index in [2.05, 4.69) is 82.0 Å². The molecule has 0 amide bonds. The summed E-state index contributed by atoms with van der Waals surface area (Å²) < 4.78 is 7.61. The Bertz CT molecular complexity index is 1160. The highest BCUT2D eigenvalue weighted by atomic mass is 16.5. The van der Waals surface area contributed by atoms with E-state index in [1.807, 2.05) is 12.4 Å². The number of hydrogen-bond donors (Lipinski definition) is 0. The van der Waals surface area contributed by atoms with E-state index in [0.29, 0.717) is 6.04 Å². The fourth-order valence-corrected chi connectivity index (χ4v) is 4.36. The molecule has 0 spiro atoms. The van der Waals surface area contributed by atoms with Gasteiger partial charge in [0.1, 0.15) is 12.1 Å². The van der Waals surface area contributed by atoms with Gasteiger partial charge in [0.25, 0.3) is 0 Å². The molecule has 0 bridgehead atoms. The van der Waals surface area contributed by atoms with Gasteiger partial charge in [0, 0.05) is 19.1 Å². The Morgan fingerprint density at radius 2 is 1.83 bits per heavy atom. The number of hydrogen-bond acceptors (Lipinski definition) is 3. The van der Waals surface area contributed by atoms with E-state index in [-0.39, 0.29) is 0 Å². The third-order valence-electron chi connectivity index (χ3n) is 6.00. The summed E-state index contributed by atoms with van der Waals surface area (Å²) in [7, 11) is 1.73. The number of aromatic nitrogens is 2. The van der Waals surface area contributed by atoms with Crippen LogP contribution in [0.15, 0.2) is 73.1 Å². The summed E-state index contributed by atoms with van der Waals surface area (Å²) in [4.78, 5) is 7.14. The maximum Gasteiger partial charge on any atom is 0.119 e. The SMILES string of the molecule is COc1ccc2c(c1)CC(C)N(Cc1ccccc1-n1cnc3ccccc31)C2. The fraction of sp³-hybridized carbons (Fsp3) is 0.240. The lowest BCUT2D eigenvalue weighted by Gasteiger charge is -2.35. The van der Waals surface area contributed by atoms with Gasteiger partial charge in [0.15, 0.2) is 0 Å². The molecular weight excluding hydrogens is 358 g/mol. The minimum atomic E-state index is 0.474. The van der Waals surface area contributed by atoms with Crippen molar-refractivity contribution in [3.05, 3.63) is 89.7 Å². The Morgan fingerprint density at radius 1 is 1.00 bits per heavy atom. The van der Waals surface area contributed by atoms with Crippen LogP contribution in [-0.4, -0.2) is 27.6 Å². The number of imidazole rings is 1. The van der Waals surface area contributed by atoms with Crippen molar-refractivity contribution in [3.8, 4) is 11.4 Å². The fourth-order valence-electron chi connectivity index (χ4n) is 4.36. The molecule has 0 N–H and O–H groups in total. The zero-order valence-corrected chi connectivity index (χ0v) is 16.9. The lowest BCUT2D eigenvalue weighted by atomic mass is 9.94. The summed E-state index contributed by atoms with van der Waals surface area (Å²) in [5, 5.41) is 0. The molecule has 1 unspecified atom stereocenters. The molecule has 4 heteroatoms. The normalized spacial score (nSPS) is 16.7. The van der Waals surface area contributed by atoms with E-state index >= 15 is 0 Å². The first-order valence-electron chi connectivity index (χ1n) is 10.1. The van der Waals surface area contributed by atoms with E-state index in [1.165, 1.54) is 22.4 Å². The van der Waals surface area contributed by atoms with Crippen molar-refractivity contribution < 1.29 is 4.74 Å². The van der Waals surface area contributed by atoms with Gasteiger partial charge >= 0.3 is 0 Å². The summed E-state index contributed by atoms with van der Waals surface area (Å²) in [6.07, 6.45) is 2.98. The van der Waals surface area contributed by atoms with Crippen LogP contribution in [0.3, 0.4) is 0 Å². The molecule has 146 valence electrons. The van der Waals surface area contributed by atoms with Crippen LogP contribution in [0.25, 0.3) is 16.7 Å². The van der Waals surface area contributed by atoms with E-state index in [0.717, 1.165) is 36.3 Å². The van der Waals surface area contributed by atoms with Crippen LogP contribution in [0.5, 0.6) is 5.75 Å². The molecule has 1 aliphatic heterocycles. The minimum absolute atomic E-state index is 0.474. The summed E-state index contributed by atoms with van der Waals surface area (Å²) >= 11 is 0. The van der Waals surface area contributed by atoms with Crippen LogP contribution in [0.1, 0.15) is 23.6 Å². The molecule has 29 heavy (non-hydrogen) atoms. The summed E-state index contributed by atoms with van der Waals surface area (Å²) in [5.74, 6) is 0.946. The zero-order chi connectivity index (χ0) is 19.8. The van der Waals surface area contributed by atoms with Gasteiger partial charge in [-0.15, -0.1) is 0 Å². The van der Waals surface area contributed by atoms with Crippen molar-refractivity contribution in [1.29, 1.82) is 0 Å². The Hall–Kier alpha value is -3.11. The molecule has 4 nitrogen and oxygen atoms in total. The quantitative estimate of drug-likeness (QED) is 0.498. The van der Waals surface area contributed by atoms with Gasteiger partial charge in [-0.25, -0.2) is 4.98 Å². The highest BCUT2D eigenvalue weighted by Gasteiger charge is 2.24. The largest absolute Gasteiger partial charge is 0.497 e. The number of ether oxygens (including phenoxy) is 1. The maximum absolute atomic E-state index is 5.41. The lowest BCUT2D eigenvalue weighted by Crippen LogP contribution is -2.38. The van der Waals surface area contributed by atoms with Crippen molar-refractivity contribution in [3.63, 3.8) is 0 Å². The van der Waals surface area contributed by atoms with Crippen molar-refractivity contribution in [2.75, 3.05) is 7.11 Å². The van der Waals surface area contributed by atoms with Crippen molar-refractivity contribution in [1.82, 2.24) is 14.5 Å². The number of rotatable bonds is 4. The predicted octanol–water partition coefficient (Wildman–Crippen LogP) is 4.98. The standard InChI is InChI=1S/C25H25N3O/c1-18-13-21-14-22(29-2)12-11-19(21)15-27(18)16-20-7-3-5-9-24(20)28-17-26-23-8-4-6-10-25(23)28/h3-12,14,17-18H,13,15-16H2,1-2H3. The smallest absolute Gasteiger partial charge is 0.119 e. The first-order valence-corrected chi connectivity index (χ1v) is 10.1. The number of methoxy groups -OCH3 is 1. The Morgan fingerprint density at radius 3 is 2.72 bits per heavy atom. The third kappa shape index (κ3) is 3.30. The van der Waals surface area contributed by atoms with Crippen LogP contribution >= 0.6 is 0 Å². The molecule has 0 fully saturated rings. The van der Waals surface area contributed by atoms with E-state index in [1.54, 1.807) is 7.11 Å². The highest BCUT2D eigenvalue weighted by Crippen LogP contribution is 2.29. The first kappa shape index (κ1) is 18.0. The number of para-hydroxylation sites is 3. The van der Waals surface area contributed by atoms with Gasteiger partial charge in [-0.3, -0.25) is 9.47 Å². The molecule has 0 radical (unpaired) electrons. The van der Waals surface area contributed by atoms with E-state index in [9.17, 15) is 0 Å². The van der Waals surface area contributed by atoms with Crippen molar-refractivity contribution in [2.45, 2.75) is 32.5 Å². The summed E-state index contributed by atoms with van der Waals surface area (Å²) in [5.41, 5.74) is 7.49. The molecule has 2 heterocycles. The van der Waals surface area contributed by atoms with Gasteiger partial charge in [-0.05, 0) is 60.4 Å². The minimum Gasteiger partial charge on any atom is -0.497 e. The Kier molecular flexibility index (Phi) is 4.57.